The number of allylic oxidation sites excluding steroid dienone is 7. The highest BCUT2D eigenvalue weighted by atomic mass is 15.1. The molecule has 29 heavy (non-hydrogen) atoms. The SMILES string of the molecule is C=CC1=C(/C=C(\C)C2CC2)C/1=C(/c1cc(C2CCN(C)CC2)ccc1C)C(C)C. The normalized spacial score (nSPS) is 23.0. The average Bonchev–Trinajstić information content (AvgIpc) is 3.60. The Morgan fingerprint density at radius 1 is 1.10 bits per heavy atom. The van der Waals surface area contributed by atoms with Crippen LogP contribution in [-0.4, -0.2) is 25.0 Å². The van der Waals surface area contributed by atoms with E-state index in [2.05, 4.69) is 76.6 Å². The molecule has 0 amide bonds. The molecule has 1 saturated heterocycles. The Morgan fingerprint density at radius 2 is 1.79 bits per heavy atom. The summed E-state index contributed by atoms with van der Waals surface area (Å²) in [5.74, 6) is 2.03. The molecule has 0 atom stereocenters. The van der Waals surface area contributed by atoms with Crippen molar-refractivity contribution >= 4 is 5.57 Å². The highest BCUT2D eigenvalue weighted by Gasteiger charge is 2.33. The molecule has 1 aromatic rings. The summed E-state index contributed by atoms with van der Waals surface area (Å²) in [6, 6.07) is 7.25. The van der Waals surface area contributed by atoms with E-state index in [-0.39, 0.29) is 0 Å². The molecule has 3 aliphatic rings. The van der Waals surface area contributed by atoms with E-state index in [1.807, 2.05) is 0 Å². The Bertz CT molecular complexity index is 896. The Kier molecular flexibility index (Phi) is 5.71. The fraction of sp³-hybridized carbons (Fsp3) is 0.500. The summed E-state index contributed by atoms with van der Waals surface area (Å²) < 4.78 is 0. The lowest BCUT2D eigenvalue weighted by Gasteiger charge is -2.30. The maximum atomic E-state index is 4.12. The summed E-state index contributed by atoms with van der Waals surface area (Å²) in [6.07, 6.45) is 9.80. The van der Waals surface area contributed by atoms with E-state index >= 15 is 0 Å². The largest absolute Gasteiger partial charge is 0.306 e. The van der Waals surface area contributed by atoms with Crippen LogP contribution in [0.4, 0.5) is 0 Å². The quantitative estimate of drug-likeness (QED) is 0.505. The molecule has 1 saturated carbocycles. The smallest absolute Gasteiger partial charge is 0.00159 e. The van der Waals surface area contributed by atoms with Crippen LogP contribution in [0.1, 0.15) is 69.1 Å². The minimum Gasteiger partial charge on any atom is -0.306 e. The van der Waals surface area contributed by atoms with E-state index in [1.54, 1.807) is 5.57 Å². The van der Waals surface area contributed by atoms with Crippen LogP contribution in [-0.2, 0) is 0 Å². The molecule has 1 aromatic carbocycles. The Labute approximate surface area is 177 Å². The number of nitrogens with zero attached hydrogens (tertiary/aromatic N) is 1. The van der Waals surface area contributed by atoms with Crippen molar-refractivity contribution in [2.75, 3.05) is 20.1 Å². The lowest BCUT2D eigenvalue weighted by molar-refractivity contribution is 0.255. The van der Waals surface area contributed by atoms with Gasteiger partial charge in [0, 0.05) is 0 Å². The second-order valence-electron chi connectivity index (χ2n) is 9.79. The van der Waals surface area contributed by atoms with E-state index in [0.717, 1.165) is 5.92 Å². The molecule has 4 rings (SSSR count). The molecule has 0 bridgehead atoms. The van der Waals surface area contributed by atoms with Crippen molar-refractivity contribution in [1.82, 2.24) is 4.90 Å². The van der Waals surface area contributed by atoms with Gasteiger partial charge in [-0.15, -0.1) is 0 Å². The van der Waals surface area contributed by atoms with Crippen molar-refractivity contribution < 1.29 is 0 Å². The van der Waals surface area contributed by atoms with Gasteiger partial charge in [0.15, 0.2) is 0 Å². The predicted molar refractivity (Wildman–Crippen MR) is 126 cm³/mol. The third-order valence-corrected chi connectivity index (χ3v) is 7.15. The minimum absolute atomic E-state index is 0.499. The molecule has 0 unspecified atom stereocenters. The molecule has 0 aromatic heterocycles. The van der Waals surface area contributed by atoms with Crippen molar-refractivity contribution in [2.24, 2.45) is 11.8 Å². The molecule has 0 radical (unpaired) electrons. The van der Waals surface area contributed by atoms with Gasteiger partial charge in [-0.25, -0.2) is 0 Å². The van der Waals surface area contributed by atoms with E-state index in [0.29, 0.717) is 11.8 Å². The zero-order chi connectivity index (χ0) is 20.7. The molecule has 1 aliphatic heterocycles. The second-order valence-corrected chi connectivity index (χ2v) is 9.79. The van der Waals surface area contributed by atoms with Gasteiger partial charge < -0.3 is 4.90 Å². The Balaban J connectivity index is 1.71. The molecule has 2 aliphatic carbocycles. The number of hydrogen-bond donors (Lipinski definition) is 0. The molecule has 0 N–H and O–H groups in total. The number of aryl methyl sites for hydroxylation is 1. The van der Waals surface area contributed by atoms with Crippen LogP contribution >= 0.6 is 0 Å². The molecule has 2 fully saturated rings. The molecule has 0 spiro atoms. The first-order valence-electron chi connectivity index (χ1n) is 11.5. The number of hydrogen-bond acceptors (Lipinski definition) is 1. The van der Waals surface area contributed by atoms with Crippen molar-refractivity contribution in [3.8, 4) is 0 Å². The monoisotopic (exact) mass is 387 g/mol. The summed E-state index contributed by atoms with van der Waals surface area (Å²) in [5.41, 5.74) is 11.7. The highest BCUT2D eigenvalue weighted by Crippen LogP contribution is 2.50. The maximum absolute atomic E-state index is 4.12. The lowest BCUT2D eigenvalue weighted by Crippen LogP contribution is -2.29. The van der Waals surface area contributed by atoms with Gasteiger partial charge in [0.1, 0.15) is 0 Å². The zero-order valence-electron chi connectivity index (χ0n) is 19.0. The van der Waals surface area contributed by atoms with Crippen LogP contribution in [0, 0.1) is 18.8 Å². The summed E-state index contributed by atoms with van der Waals surface area (Å²) in [7, 11) is 2.24. The van der Waals surface area contributed by atoms with E-state index < -0.39 is 0 Å². The fourth-order valence-corrected chi connectivity index (χ4v) is 5.01. The second kappa shape index (κ2) is 8.11. The lowest BCUT2D eigenvalue weighted by atomic mass is 9.84. The van der Waals surface area contributed by atoms with Gasteiger partial charge in [0.25, 0.3) is 0 Å². The average molecular weight is 388 g/mol. The van der Waals surface area contributed by atoms with Gasteiger partial charge in [0.2, 0.25) is 0 Å². The highest BCUT2D eigenvalue weighted by molar-refractivity contribution is 5.91. The van der Waals surface area contributed by atoms with Crippen LogP contribution in [0.25, 0.3) is 5.57 Å². The van der Waals surface area contributed by atoms with Gasteiger partial charge in [-0.1, -0.05) is 56.4 Å². The van der Waals surface area contributed by atoms with Crippen molar-refractivity contribution in [1.29, 1.82) is 0 Å². The number of benzene rings is 1. The number of rotatable bonds is 6. The molecule has 1 nitrogen and oxygen atoms in total. The molecule has 1 heteroatoms. The van der Waals surface area contributed by atoms with Crippen LogP contribution < -0.4 is 0 Å². The van der Waals surface area contributed by atoms with Gasteiger partial charge in [0.05, 0.1) is 0 Å². The zero-order valence-corrected chi connectivity index (χ0v) is 19.0. The van der Waals surface area contributed by atoms with Crippen LogP contribution in [0.5, 0.6) is 0 Å². The van der Waals surface area contributed by atoms with Crippen molar-refractivity contribution in [3.63, 3.8) is 0 Å². The van der Waals surface area contributed by atoms with E-state index in [1.165, 1.54) is 77.8 Å². The summed E-state index contributed by atoms with van der Waals surface area (Å²) >= 11 is 0. The molecular formula is C28H37N. The first kappa shape index (κ1) is 20.4. The topological polar surface area (TPSA) is 3.24 Å². The van der Waals surface area contributed by atoms with E-state index in [4.69, 9.17) is 0 Å². The van der Waals surface area contributed by atoms with Crippen molar-refractivity contribution in [3.05, 3.63) is 75.9 Å². The third-order valence-electron chi connectivity index (χ3n) is 7.15. The predicted octanol–water partition coefficient (Wildman–Crippen LogP) is 7.07. The molecular weight excluding hydrogens is 350 g/mol. The van der Waals surface area contributed by atoms with Crippen molar-refractivity contribution in [2.45, 2.75) is 59.3 Å². The van der Waals surface area contributed by atoms with Gasteiger partial charge >= 0.3 is 0 Å². The van der Waals surface area contributed by atoms with Crippen LogP contribution in [0.2, 0.25) is 0 Å². The Morgan fingerprint density at radius 3 is 2.38 bits per heavy atom. The summed E-state index contributed by atoms with van der Waals surface area (Å²) in [6.45, 7) is 15.8. The minimum atomic E-state index is 0.499. The summed E-state index contributed by atoms with van der Waals surface area (Å²) in [4.78, 5) is 2.46. The molecule has 154 valence electrons. The van der Waals surface area contributed by atoms with Gasteiger partial charge in [-0.2, -0.15) is 0 Å². The third kappa shape index (κ3) is 4.21. The number of likely N-dealkylation sites (tertiary alicyclic amines) is 1. The Hall–Kier alpha value is -1.86. The standard InChI is InChI=1S/C28H37N/c1-7-24-26(16-20(5)21-10-11-21)28(24)27(18(2)3)25-17-23(9-8-19(25)4)22-12-14-29(6)15-13-22/h7-9,16-18,21-22H,1,10-15H2,2-6H3/b20-16+,28-27+. The van der Waals surface area contributed by atoms with Gasteiger partial charge in [-0.3, -0.25) is 0 Å². The summed E-state index contributed by atoms with van der Waals surface area (Å²) in [5, 5.41) is 0. The molecule has 1 heterocycles. The van der Waals surface area contributed by atoms with Crippen LogP contribution in [0.3, 0.4) is 0 Å². The fourth-order valence-electron chi connectivity index (χ4n) is 5.01. The van der Waals surface area contributed by atoms with E-state index in [9.17, 15) is 0 Å². The first-order chi connectivity index (χ1) is 13.9. The van der Waals surface area contributed by atoms with Crippen LogP contribution in [0.15, 0.2) is 59.2 Å². The first-order valence-corrected chi connectivity index (χ1v) is 11.5. The maximum Gasteiger partial charge on any atom is -0.00159 e. The number of piperidine rings is 1. The van der Waals surface area contributed by atoms with Gasteiger partial charge in [-0.05, 0) is 116 Å².